The zero-order valence-electron chi connectivity index (χ0n) is 13.1. The molecule has 1 saturated carbocycles. The van der Waals surface area contributed by atoms with Crippen molar-refractivity contribution in [3.63, 3.8) is 0 Å². The molecule has 3 atom stereocenters. The van der Waals surface area contributed by atoms with Gasteiger partial charge in [-0.2, -0.15) is 13.2 Å². The Kier molecular flexibility index (Phi) is 5.31. The molecule has 1 aromatic rings. The van der Waals surface area contributed by atoms with Gasteiger partial charge in [-0.05, 0) is 25.1 Å². The highest BCUT2D eigenvalue weighted by atomic mass is 19.4. The number of hydrogen-bond donors (Lipinski definition) is 3. The zero-order valence-corrected chi connectivity index (χ0v) is 13.1. The molecule has 1 aliphatic rings. The van der Waals surface area contributed by atoms with Gasteiger partial charge in [0, 0.05) is 5.56 Å². The van der Waals surface area contributed by atoms with Crippen LogP contribution < -0.4 is 16.6 Å². The Balaban J connectivity index is 2.13. The lowest BCUT2D eigenvalue weighted by molar-refractivity contribution is -0.146. The summed E-state index contributed by atoms with van der Waals surface area (Å²) in [6, 6.07) is 2.92. The van der Waals surface area contributed by atoms with Crippen LogP contribution in [0.2, 0.25) is 0 Å². The first-order valence-corrected chi connectivity index (χ1v) is 7.36. The fraction of sp³-hybridized carbons (Fsp3) is 0.400. The number of ether oxygens (including phenoxy) is 1. The topological polar surface area (TPSA) is 111 Å². The van der Waals surface area contributed by atoms with Gasteiger partial charge in [0.2, 0.25) is 5.91 Å². The number of hydrazine groups is 1. The smallest absolute Gasteiger partial charge is 0.416 e. The maximum absolute atomic E-state index is 12.7. The Morgan fingerprint density at radius 3 is 2.48 bits per heavy atom. The predicted molar refractivity (Wildman–Crippen MR) is 78.6 cm³/mol. The molecule has 0 bridgehead atoms. The number of carbonyl (C=O) groups excluding carboxylic acids is 3. The van der Waals surface area contributed by atoms with E-state index < -0.39 is 47.4 Å². The number of esters is 1. The summed E-state index contributed by atoms with van der Waals surface area (Å²) in [6.45, 7) is 1.66. The first-order valence-electron chi connectivity index (χ1n) is 7.36. The van der Waals surface area contributed by atoms with Crippen LogP contribution in [0.15, 0.2) is 24.3 Å². The highest BCUT2D eigenvalue weighted by Gasteiger charge is 2.60. The summed E-state index contributed by atoms with van der Waals surface area (Å²) in [7, 11) is 0. The third-order valence-electron chi connectivity index (χ3n) is 3.77. The first-order chi connectivity index (χ1) is 11.7. The molecule has 1 aromatic carbocycles. The van der Waals surface area contributed by atoms with Crippen LogP contribution in [0.1, 0.15) is 22.8 Å². The van der Waals surface area contributed by atoms with Crippen LogP contribution in [0, 0.1) is 11.8 Å². The van der Waals surface area contributed by atoms with Gasteiger partial charge in [-0.1, -0.05) is 6.07 Å². The first kappa shape index (κ1) is 18.7. The van der Waals surface area contributed by atoms with Crippen LogP contribution in [0.3, 0.4) is 0 Å². The van der Waals surface area contributed by atoms with Crippen molar-refractivity contribution in [3.8, 4) is 0 Å². The number of amides is 2. The van der Waals surface area contributed by atoms with Crippen LogP contribution in [-0.4, -0.2) is 30.4 Å². The second-order valence-electron chi connectivity index (χ2n) is 5.39. The lowest BCUT2D eigenvalue weighted by atomic mass is 10.1. The molecule has 0 aliphatic heterocycles. The summed E-state index contributed by atoms with van der Waals surface area (Å²) in [4.78, 5) is 35.6. The quantitative estimate of drug-likeness (QED) is 0.309. The maximum atomic E-state index is 12.7. The number of rotatable bonds is 5. The average molecular weight is 359 g/mol. The molecule has 1 aliphatic carbocycles. The third-order valence-corrected chi connectivity index (χ3v) is 3.77. The Morgan fingerprint density at radius 2 is 1.92 bits per heavy atom. The lowest BCUT2D eigenvalue weighted by Gasteiger charge is -2.09. The molecular weight excluding hydrogens is 343 g/mol. The monoisotopic (exact) mass is 359 g/mol. The van der Waals surface area contributed by atoms with Gasteiger partial charge in [-0.25, -0.2) is 5.84 Å². The van der Waals surface area contributed by atoms with E-state index in [1.54, 1.807) is 6.92 Å². The Hall–Kier alpha value is -2.62. The summed E-state index contributed by atoms with van der Waals surface area (Å²) in [5, 5.41) is 2.38. The number of nitrogens with two attached hydrogens (primary N) is 1. The minimum absolute atomic E-state index is 0.0839. The van der Waals surface area contributed by atoms with Crippen LogP contribution in [0.4, 0.5) is 13.2 Å². The summed E-state index contributed by atoms with van der Waals surface area (Å²) in [6.07, 6.45) is -4.59. The van der Waals surface area contributed by atoms with Gasteiger partial charge in [0.05, 0.1) is 30.0 Å². The van der Waals surface area contributed by atoms with Crippen molar-refractivity contribution in [2.45, 2.75) is 19.1 Å². The molecule has 0 unspecified atom stereocenters. The average Bonchev–Trinajstić information content (AvgIpc) is 3.27. The van der Waals surface area contributed by atoms with Crippen molar-refractivity contribution in [3.05, 3.63) is 35.4 Å². The SMILES string of the molecule is CCOC(=O)[C@@H]1[C@H](NC(=O)c2cccc(C(F)(F)F)c2)[C@@H]1C(=O)NN. The molecule has 0 heterocycles. The predicted octanol–water partition coefficient (Wildman–Crippen LogP) is 0.603. The Labute approximate surface area is 140 Å². The van der Waals surface area contributed by atoms with E-state index in [-0.39, 0.29) is 12.2 Å². The van der Waals surface area contributed by atoms with Gasteiger partial charge in [-0.15, -0.1) is 0 Å². The highest BCUT2D eigenvalue weighted by molar-refractivity contribution is 5.98. The molecule has 0 radical (unpaired) electrons. The number of alkyl halides is 3. The van der Waals surface area contributed by atoms with Crippen molar-refractivity contribution in [1.29, 1.82) is 0 Å². The van der Waals surface area contributed by atoms with Crippen molar-refractivity contribution < 1.29 is 32.3 Å². The highest BCUT2D eigenvalue weighted by Crippen LogP contribution is 2.40. The number of nitrogens with one attached hydrogen (secondary N) is 2. The van der Waals surface area contributed by atoms with E-state index >= 15 is 0 Å². The van der Waals surface area contributed by atoms with E-state index in [9.17, 15) is 27.6 Å². The third kappa shape index (κ3) is 4.08. The van der Waals surface area contributed by atoms with Gasteiger partial charge in [0.15, 0.2) is 0 Å². The van der Waals surface area contributed by atoms with E-state index in [4.69, 9.17) is 10.6 Å². The Bertz CT molecular complexity index is 693. The second kappa shape index (κ2) is 7.09. The Morgan fingerprint density at radius 1 is 1.24 bits per heavy atom. The van der Waals surface area contributed by atoms with Crippen molar-refractivity contribution in [1.82, 2.24) is 10.7 Å². The molecule has 1 fully saturated rings. The molecule has 0 aromatic heterocycles. The largest absolute Gasteiger partial charge is 0.466 e. The molecule has 0 spiro atoms. The van der Waals surface area contributed by atoms with Crippen molar-refractivity contribution >= 4 is 17.8 Å². The van der Waals surface area contributed by atoms with E-state index in [1.807, 2.05) is 5.43 Å². The van der Waals surface area contributed by atoms with Crippen LogP contribution in [0.5, 0.6) is 0 Å². The van der Waals surface area contributed by atoms with E-state index in [1.165, 1.54) is 6.07 Å². The number of carbonyl (C=O) groups is 3. The molecule has 4 N–H and O–H groups in total. The summed E-state index contributed by atoms with van der Waals surface area (Å²) in [5.41, 5.74) is 0.662. The molecule has 7 nitrogen and oxygen atoms in total. The minimum Gasteiger partial charge on any atom is -0.466 e. The van der Waals surface area contributed by atoms with E-state index in [2.05, 4.69) is 5.32 Å². The van der Waals surface area contributed by atoms with E-state index in [0.29, 0.717) is 6.07 Å². The standard InChI is InChI=1S/C15H16F3N3O4/c1-2-25-14(24)10-9(13(23)21-19)11(10)20-12(22)7-4-3-5-8(6-7)15(16,17)18/h3-6,9-11H,2,19H2,1H3,(H,20,22)(H,21,23)/t9-,10+,11-/m1/s1. The molecule has 136 valence electrons. The van der Waals surface area contributed by atoms with Crippen LogP contribution in [-0.2, 0) is 20.5 Å². The lowest BCUT2D eigenvalue weighted by Crippen LogP contribution is -2.35. The van der Waals surface area contributed by atoms with Gasteiger partial charge >= 0.3 is 12.1 Å². The molecular formula is C15H16F3N3O4. The molecule has 10 heteroatoms. The van der Waals surface area contributed by atoms with Gasteiger partial charge in [0.25, 0.3) is 5.91 Å². The van der Waals surface area contributed by atoms with Crippen LogP contribution >= 0.6 is 0 Å². The van der Waals surface area contributed by atoms with Crippen molar-refractivity contribution in [2.24, 2.45) is 17.7 Å². The number of hydrogen-bond acceptors (Lipinski definition) is 5. The molecule has 25 heavy (non-hydrogen) atoms. The number of benzene rings is 1. The van der Waals surface area contributed by atoms with Gasteiger partial charge in [-0.3, -0.25) is 19.8 Å². The fourth-order valence-corrected chi connectivity index (χ4v) is 2.52. The van der Waals surface area contributed by atoms with Gasteiger partial charge in [0.1, 0.15) is 0 Å². The summed E-state index contributed by atoms with van der Waals surface area (Å²) < 4.78 is 43.0. The summed E-state index contributed by atoms with van der Waals surface area (Å²) >= 11 is 0. The fourth-order valence-electron chi connectivity index (χ4n) is 2.52. The minimum atomic E-state index is -4.59. The summed E-state index contributed by atoms with van der Waals surface area (Å²) in [5.74, 6) is 0.969. The van der Waals surface area contributed by atoms with Crippen LogP contribution in [0.25, 0.3) is 0 Å². The normalized spacial score (nSPS) is 22.0. The zero-order chi connectivity index (χ0) is 18.8. The second-order valence-corrected chi connectivity index (χ2v) is 5.39. The molecule has 2 amide bonds. The van der Waals surface area contributed by atoms with E-state index in [0.717, 1.165) is 12.1 Å². The maximum Gasteiger partial charge on any atom is 0.416 e. The van der Waals surface area contributed by atoms with Gasteiger partial charge < -0.3 is 10.1 Å². The van der Waals surface area contributed by atoms with Crippen molar-refractivity contribution in [2.75, 3.05) is 6.61 Å². The molecule has 0 saturated heterocycles. The molecule has 2 rings (SSSR count). The number of halogens is 3.